The van der Waals surface area contributed by atoms with Gasteiger partial charge in [-0.3, -0.25) is 4.79 Å². The zero-order valence-corrected chi connectivity index (χ0v) is 15.8. The minimum absolute atomic E-state index is 0.0317. The van der Waals surface area contributed by atoms with E-state index in [1.54, 1.807) is 0 Å². The molecule has 2 aromatic rings. The molecule has 1 aliphatic heterocycles. The lowest BCUT2D eigenvalue weighted by Gasteiger charge is -2.33. The first kappa shape index (κ1) is 18.5. The quantitative estimate of drug-likeness (QED) is 0.868. The average Bonchev–Trinajstić information content (AvgIpc) is 2.67. The Kier molecular flexibility index (Phi) is 6.29. The van der Waals surface area contributed by atoms with Gasteiger partial charge in [0.1, 0.15) is 0 Å². The van der Waals surface area contributed by atoms with E-state index in [1.165, 1.54) is 5.56 Å². The van der Waals surface area contributed by atoms with Gasteiger partial charge < -0.3 is 15.1 Å². The number of carbonyl (C=O) groups excluding carboxylic acids is 1. The number of benzene rings is 2. The normalized spacial score (nSPS) is 17.7. The molecule has 1 aliphatic rings. The van der Waals surface area contributed by atoms with Gasteiger partial charge in [-0.1, -0.05) is 42.5 Å². The van der Waals surface area contributed by atoms with E-state index in [1.807, 2.05) is 43.3 Å². The molecule has 1 unspecified atom stereocenters. The number of carbonyl (C=O) groups is 1. The maximum Gasteiger partial charge on any atom is 0.253 e. The van der Waals surface area contributed by atoms with Crippen molar-refractivity contribution < 1.29 is 4.79 Å². The van der Waals surface area contributed by atoms with Crippen LogP contribution in [-0.4, -0.2) is 50.6 Å². The molecule has 26 heavy (non-hydrogen) atoms. The van der Waals surface area contributed by atoms with E-state index in [2.05, 4.69) is 40.5 Å². The van der Waals surface area contributed by atoms with Crippen LogP contribution < -0.4 is 10.2 Å². The Balaban J connectivity index is 1.56. The van der Waals surface area contributed by atoms with Gasteiger partial charge in [-0.05, 0) is 43.5 Å². The molecule has 4 heteroatoms. The number of nitrogens with zero attached hydrogens (tertiary/aromatic N) is 2. The summed E-state index contributed by atoms with van der Waals surface area (Å²) in [6, 6.07) is 18.6. The van der Waals surface area contributed by atoms with E-state index in [-0.39, 0.29) is 11.9 Å². The molecule has 1 heterocycles. The summed E-state index contributed by atoms with van der Waals surface area (Å²) in [5, 5.41) is 3.25. The van der Waals surface area contributed by atoms with Crippen molar-refractivity contribution in [3.05, 3.63) is 65.7 Å². The van der Waals surface area contributed by atoms with Crippen molar-refractivity contribution in [1.29, 1.82) is 0 Å². The summed E-state index contributed by atoms with van der Waals surface area (Å²) in [5.41, 5.74) is 3.08. The number of hydrogen-bond donors (Lipinski definition) is 1. The van der Waals surface area contributed by atoms with Crippen LogP contribution in [0.1, 0.15) is 28.8 Å². The average molecular weight is 351 g/mol. The van der Waals surface area contributed by atoms with Gasteiger partial charge >= 0.3 is 0 Å². The highest BCUT2D eigenvalue weighted by atomic mass is 16.1. The Bertz CT molecular complexity index is 714. The maximum atomic E-state index is 12.8. The predicted molar refractivity (Wildman–Crippen MR) is 108 cm³/mol. The van der Waals surface area contributed by atoms with Crippen LogP contribution in [-0.2, 0) is 6.42 Å². The van der Waals surface area contributed by atoms with Gasteiger partial charge in [-0.2, -0.15) is 0 Å². The van der Waals surface area contributed by atoms with E-state index in [4.69, 9.17) is 0 Å². The number of nitrogens with one attached hydrogen (secondary N) is 1. The molecule has 3 rings (SSSR count). The van der Waals surface area contributed by atoms with Crippen molar-refractivity contribution in [3.8, 4) is 0 Å². The van der Waals surface area contributed by atoms with Crippen molar-refractivity contribution >= 4 is 11.6 Å². The largest absolute Gasteiger partial charge is 0.377 e. The van der Waals surface area contributed by atoms with Gasteiger partial charge in [-0.15, -0.1) is 0 Å². The summed E-state index contributed by atoms with van der Waals surface area (Å²) in [5.74, 6) is 0.0317. The fraction of sp³-hybridized carbons (Fsp3) is 0.409. The van der Waals surface area contributed by atoms with E-state index < -0.39 is 0 Å². The van der Waals surface area contributed by atoms with Gasteiger partial charge in [0.25, 0.3) is 5.91 Å². The third-order valence-corrected chi connectivity index (χ3v) is 5.03. The number of piperidine rings is 1. The Hall–Kier alpha value is -2.33. The zero-order valence-electron chi connectivity index (χ0n) is 15.8. The summed E-state index contributed by atoms with van der Waals surface area (Å²) in [6.07, 6.45) is 3.25. The van der Waals surface area contributed by atoms with Gasteiger partial charge in [0, 0.05) is 38.9 Å². The number of para-hydroxylation sites is 1. The van der Waals surface area contributed by atoms with Crippen molar-refractivity contribution in [3.63, 3.8) is 0 Å². The molecule has 0 aliphatic carbocycles. The lowest BCUT2D eigenvalue weighted by atomic mass is 10.0. The summed E-state index contributed by atoms with van der Waals surface area (Å²) in [7, 11) is 3.94. The molecular formula is C22H29N3O. The maximum absolute atomic E-state index is 12.8. The number of likely N-dealkylation sites (tertiary alicyclic amines) is 1. The molecule has 4 nitrogen and oxygen atoms in total. The smallest absolute Gasteiger partial charge is 0.253 e. The highest BCUT2D eigenvalue weighted by molar-refractivity contribution is 5.99. The van der Waals surface area contributed by atoms with Crippen molar-refractivity contribution in [2.45, 2.75) is 25.3 Å². The lowest BCUT2D eigenvalue weighted by molar-refractivity contribution is 0.0904. The first-order chi connectivity index (χ1) is 12.6. The second-order valence-corrected chi connectivity index (χ2v) is 7.26. The molecule has 0 spiro atoms. The van der Waals surface area contributed by atoms with Crippen molar-refractivity contribution in [1.82, 2.24) is 10.2 Å². The molecule has 1 saturated heterocycles. The second-order valence-electron chi connectivity index (χ2n) is 7.26. The standard InChI is InChI=1S/C22H29N3O/c1-24(2)21-13-7-6-12-20(21)22(26)23-19-11-8-15-25(17-19)16-14-18-9-4-3-5-10-18/h3-7,9-10,12-13,19H,8,11,14-17H2,1-2H3,(H,23,26). The molecule has 1 fully saturated rings. The molecule has 0 radical (unpaired) electrons. The second kappa shape index (κ2) is 8.86. The summed E-state index contributed by atoms with van der Waals surface area (Å²) >= 11 is 0. The Morgan fingerprint density at radius 2 is 1.85 bits per heavy atom. The fourth-order valence-corrected chi connectivity index (χ4v) is 3.63. The molecule has 1 amide bonds. The zero-order chi connectivity index (χ0) is 18.4. The lowest BCUT2D eigenvalue weighted by Crippen LogP contribution is -2.48. The SMILES string of the molecule is CN(C)c1ccccc1C(=O)NC1CCCN(CCc2ccccc2)C1. The van der Waals surface area contributed by atoms with Crippen LogP contribution in [0.25, 0.3) is 0 Å². The summed E-state index contributed by atoms with van der Waals surface area (Å²) in [6.45, 7) is 3.10. The minimum atomic E-state index is 0.0317. The summed E-state index contributed by atoms with van der Waals surface area (Å²) < 4.78 is 0. The number of hydrogen-bond acceptors (Lipinski definition) is 3. The van der Waals surface area contributed by atoms with Crippen LogP contribution in [0, 0.1) is 0 Å². The molecular weight excluding hydrogens is 322 g/mol. The van der Waals surface area contributed by atoms with Gasteiger partial charge in [-0.25, -0.2) is 0 Å². The van der Waals surface area contributed by atoms with Crippen LogP contribution in [0.5, 0.6) is 0 Å². The number of anilines is 1. The molecule has 0 aromatic heterocycles. The van der Waals surface area contributed by atoms with Crippen LogP contribution in [0.15, 0.2) is 54.6 Å². The third-order valence-electron chi connectivity index (χ3n) is 5.03. The Labute approximate surface area is 156 Å². The predicted octanol–water partition coefficient (Wildman–Crippen LogP) is 3.19. The molecule has 1 N–H and O–H groups in total. The Morgan fingerprint density at radius 3 is 2.62 bits per heavy atom. The fourth-order valence-electron chi connectivity index (χ4n) is 3.63. The monoisotopic (exact) mass is 351 g/mol. The van der Waals surface area contributed by atoms with Crippen LogP contribution in [0.3, 0.4) is 0 Å². The highest BCUT2D eigenvalue weighted by Crippen LogP contribution is 2.19. The topological polar surface area (TPSA) is 35.6 Å². The van der Waals surface area contributed by atoms with E-state index in [9.17, 15) is 4.79 Å². The summed E-state index contributed by atoms with van der Waals surface area (Å²) in [4.78, 5) is 17.2. The molecule has 0 saturated carbocycles. The van der Waals surface area contributed by atoms with Crippen LogP contribution in [0.2, 0.25) is 0 Å². The van der Waals surface area contributed by atoms with Gasteiger partial charge in [0.2, 0.25) is 0 Å². The van der Waals surface area contributed by atoms with Crippen LogP contribution in [0.4, 0.5) is 5.69 Å². The number of rotatable bonds is 6. The highest BCUT2D eigenvalue weighted by Gasteiger charge is 2.22. The molecule has 0 bridgehead atoms. The van der Waals surface area contributed by atoms with Crippen molar-refractivity contribution in [2.24, 2.45) is 0 Å². The third kappa shape index (κ3) is 4.85. The molecule has 138 valence electrons. The van der Waals surface area contributed by atoms with Gasteiger partial charge in [0.05, 0.1) is 5.56 Å². The number of amides is 1. The van der Waals surface area contributed by atoms with E-state index in [0.717, 1.165) is 50.1 Å². The van der Waals surface area contributed by atoms with Gasteiger partial charge in [0.15, 0.2) is 0 Å². The molecule has 2 aromatic carbocycles. The van der Waals surface area contributed by atoms with Crippen LogP contribution >= 0.6 is 0 Å². The van der Waals surface area contributed by atoms with E-state index in [0.29, 0.717) is 0 Å². The first-order valence-electron chi connectivity index (χ1n) is 9.47. The minimum Gasteiger partial charge on any atom is -0.377 e. The molecule has 1 atom stereocenters. The van der Waals surface area contributed by atoms with Crippen molar-refractivity contribution in [2.75, 3.05) is 38.6 Å². The van der Waals surface area contributed by atoms with E-state index >= 15 is 0 Å². The first-order valence-corrected chi connectivity index (χ1v) is 9.47. The Morgan fingerprint density at radius 1 is 1.12 bits per heavy atom.